The van der Waals surface area contributed by atoms with Crippen LogP contribution < -0.4 is 10.0 Å². The molecule has 2 saturated heterocycles. The maximum absolute atomic E-state index is 12.1. The van der Waals surface area contributed by atoms with Gasteiger partial charge >= 0.3 is 0 Å². The SMILES string of the molecule is CC1CCCN(S(=O)(=O)NCCC2CCNC2)C1.Cl. The molecule has 2 aliphatic rings. The van der Waals surface area contributed by atoms with E-state index in [0.717, 1.165) is 32.4 Å². The highest BCUT2D eigenvalue weighted by Gasteiger charge is 2.26. The molecule has 0 aromatic heterocycles. The normalized spacial score (nSPS) is 29.1. The fraction of sp³-hybridized carbons (Fsp3) is 1.00. The van der Waals surface area contributed by atoms with Crippen LogP contribution in [0.3, 0.4) is 0 Å². The molecule has 0 amide bonds. The smallest absolute Gasteiger partial charge is 0.279 e. The highest BCUT2D eigenvalue weighted by molar-refractivity contribution is 7.87. The van der Waals surface area contributed by atoms with Crippen LogP contribution in [0.5, 0.6) is 0 Å². The third kappa shape index (κ3) is 5.19. The van der Waals surface area contributed by atoms with Crippen LogP contribution in [-0.4, -0.2) is 45.4 Å². The zero-order valence-electron chi connectivity index (χ0n) is 11.6. The molecule has 5 nitrogen and oxygen atoms in total. The molecule has 2 heterocycles. The predicted molar refractivity (Wildman–Crippen MR) is 79.7 cm³/mol. The number of piperidine rings is 1. The van der Waals surface area contributed by atoms with Crippen LogP contribution in [0.4, 0.5) is 0 Å². The van der Waals surface area contributed by atoms with Crippen LogP contribution >= 0.6 is 12.4 Å². The second-order valence-corrected chi connectivity index (χ2v) is 7.41. The van der Waals surface area contributed by atoms with Gasteiger partial charge in [0.15, 0.2) is 0 Å². The Hall–Kier alpha value is 0.120. The lowest BCUT2D eigenvalue weighted by Crippen LogP contribution is -2.45. The standard InChI is InChI=1S/C12H25N3O2S.ClH/c1-11-3-2-8-15(10-11)18(16,17)14-7-5-12-4-6-13-9-12;/h11-14H,2-10H2,1H3;1H. The number of nitrogens with one attached hydrogen (secondary N) is 2. The van der Waals surface area contributed by atoms with E-state index in [4.69, 9.17) is 0 Å². The van der Waals surface area contributed by atoms with Crippen molar-refractivity contribution in [1.29, 1.82) is 0 Å². The first-order chi connectivity index (χ1) is 8.58. The van der Waals surface area contributed by atoms with E-state index >= 15 is 0 Å². The molecule has 0 saturated carbocycles. The maximum Gasteiger partial charge on any atom is 0.279 e. The Morgan fingerprint density at radius 2 is 2.16 bits per heavy atom. The van der Waals surface area contributed by atoms with Crippen molar-refractivity contribution < 1.29 is 8.42 Å². The summed E-state index contributed by atoms with van der Waals surface area (Å²) >= 11 is 0. The molecule has 2 unspecified atom stereocenters. The molecule has 2 fully saturated rings. The van der Waals surface area contributed by atoms with Gasteiger partial charge in [0.1, 0.15) is 0 Å². The van der Waals surface area contributed by atoms with Crippen LogP contribution in [0.2, 0.25) is 0 Å². The summed E-state index contributed by atoms with van der Waals surface area (Å²) in [5.41, 5.74) is 0. The molecule has 0 aliphatic carbocycles. The Kier molecular flexibility index (Phi) is 7.04. The van der Waals surface area contributed by atoms with Crippen molar-refractivity contribution >= 4 is 22.6 Å². The number of hydrogen-bond donors (Lipinski definition) is 2. The predicted octanol–water partition coefficient (Wildman–Crippen LogP) is 0.974. The minimum Gasteiger partial charge on any atom is -0.316 e. The van der Waals surface area contributed by atoms with Gasteiger partial charge in [-0.2, -0.15) is 12.7 Å². The van der Waals surface area contributed by atoms with Gasteiger partial charge in [-0.3, -0.25) is 0 Å². The van der Waals surface area contributed by atoms with Gasteiger partial charge in [0.2, 0.25) is 0 Å². The fourth-order valence-corrected chi connectivity index (χ4v) is 4.19. The van der Waals surface area contributed by atoms with Crippen molar-refractivity contribution in [2.45, 2.75) is 32.6 Å². The van der Waals surface area contributed by atoms with E-state index < -0.39 is 10.2 Å². The Bertz CT molecular complexity index is 358. The van der Waals surface area contributed by atoms with E-state index in [9.17, 15) is 8.42 Å². The largest absolute Gasteiger partial charge is 0.316 e. The molecule has 0 bridgehead atoms. The van der Waals surface area contributed by atoms with Crippen molar-refractivity contribution in [3.05, 3.63) is 0 Å². The second kappa shape index (κ2) is 7.78. The van der Waals surface area contributed by atoms with Gasteiger partial charge in [0.05, 0.1) is 0 Å². The van der Waals surface area contributed by atoms with Gasteiger partial charge in [-0.1, -0.05) is 6.92 Å². The lowest BCUT2D eigenvalue weighted by molar-refractivity contribution is 0.278. The summed E-state index contributed by atoms with van der Waals surface area (Å²) in [6.07, 6.45) is 4.23. The second-order valence-electron chi connectivity index (χ2n) is 5.65. The van der Waals surface area contributed by atoms with E-state index in [1.54, 1.807) is 4.31 Å². The van der Waals surface area contributed by atoms with Crippen molar-refractivity contribution in [2.24, 2.45) is 11.8 Å². The molecular weight excluding hydrogens is 286 g/mol. The average molecular weight is 312 g/mol. The van der Waals surface area contributed by atoms with Gasteiger partial charge in [-0.25, -0.2) is 4.72 Å². The molecule has 2 N–H and O–H groups in total. The van der Waals surface area contributed by atoms with Gasteiger partial charge in [0.25, 0.3) is 10.2 Å². The third-order valence-electron chi connectivity index (χ3n) is 3.96. The molecule has 0 aromatic carbocycles. The summed E-state index contributed by atoms with van der Waals surface area (Å²) in [7, 11) is -3.25. The number of hydrogen-bond acceptors (Lipinski definition) is 3. The summed E-state index contributed by atoms with van der Waals surface area (Å²) in [4.78, 5) is 0. The van der Waals surface area contributed by atoms with Gasteiger partial charge in [-0.05, 0) is 50.6 Å². The first kappa shape index (κ1) is 17.2. The summed E-state index contributed by atoms with van der Waals surface area (Å²) in [5, 5.41) is 3.30. The van der Waals surface area contributed by atoms with Crippen molar-refractivity contribution in [3.63, 3.8) is 0 Å². The number of halogens is 1. The van der Waals surface area contributed by atoms with Crippen LogP contribution in [0.25, 0.3) is 0 Å². The van der Waals surface area contributed by atoms with E-state index in [1.807, 2.05) is 0 Å². The summed E-state index contributed by atoms with van der Waals surface area (Å²) in [5.74, 6) is 1.11. The molecule has 2 rings (SSSR count). The zero-order chi connectivity index (χ0) is 13.0. The lowest BCUT2D eigenvalue weighted by atomic mass is 10.0. The Morgan fingerprint density at radius 1 is 1.37 bits per heavy atom. The van der Waals surface area contributed by atoms with Gasteiger partial charge in [-0.15, -0.1) is 12.4 Å². The molecule has 19 heavy (non-hydrogen) atoms. The molecule has 0 aromatic rings. The summed E-state index contributed by atoms with van der Waals surface area (Å²) in [6, 6.07) is 0. The summed E-state index contributed by atoms with van der Waals surface area (Å²) in [6.45, 7) is 6.12. The van der Waals surface area contributed by atoms with E-state index in [-0.39, 0.29) is 12.4 Å². The lowest BCUT2D eigenvalue weighted by Gasteiger charge is -2.30. The Balaban J connectivity index is 0.00000180. The van der Waals surface area contributed by atoms with Crippen LogP contribution in [0.1, 0.15) is 32.6 Å². The Labute approximate surface area is 123 Å². The first-order valence-corrected chi connectivity index (χ1v) is 8.47. The summed E-state index contributed by atoms with van der Waals surface area (Å²) < 4.78 is 28.6. The Morgan fingerprint density at radius 3 is 2.79 bits per heavy atom. The van der Waals surface area contributed by atoms with E-state index in [0.29, 0.717) is 31.5 Å². The monoisotopic (exact) mass is 311 g/mol. The van der Waals surface area contributed by atoms with Crippen LogP contribution in [-0.2, 0) is 10.2 Å². The van der Waals surface area contributed by atoms with E-state index in [1.165, 1.54) is 6.42 Å². The number of rotatable bonds is 5. The van der Waals surface area contributed by atoms with Gasteiger partial charge in [0, 0.05) is 19.6 Å². The third-order valence-corrected chi connectivity index (χ3v) is 5.54. The van der Waals surface area contributed by atoms with E-state index in [2.05, 4.69) is 17.0 Å². The molecule has 0 radical (unpaired) electrons. The molecule has 0 spiro atoms. The maximum atomic E-state index is 12.1. The minimum absolute atomic E-state index is 0. The fourth-order valence-electron chi connectivity index (χ4n) is 2.81. The quantitative estimate of drug-likeness (QED) is 0.795. The van der Waals surface area contributed by atoms with Crippen molar-refractivity contribution in [3.8, 4) is 0 Å². The van der Waals surface area contributed by atoms with Crippen molar-refractivity contribution in [2.75, 3.05) is 32.7 Å². The first-order valence-electron chi connectivity index (χ1n) is 7.03. The highest BCUT2D eigenvalue weighted by Crippen LogP contribution is 2.18. The van der Waals surface area contributed by atoms with Gasteiger partial charge < -0.3 is 5.32 Å². The average Bonchev–Trinajstić information content (AvgIpc) is 2.82. The van der Waals surface area contributed by atoms with Crippen LogP contribution in [0, 0.1) is 11.8 Å². The van der Waals surface area contributed by atoms with Crippen LogP contribution in [0.15, 0.2) is 0 Å². The topological polar surface area (TPSA) is 61.4 Å². The highest BCUT2D eigenvalue weighted by atomic mass is 35.5. The zero-order valence-corrected chi connectivity index (χ0v) is 13.2. The molecular formula is C12H26ClN3O2S. The molecule has 2 atom stereocenters. The van der Waals surface area contributed by atoms with Crippen molar-refractivity contribution in [1.82, 2.24) is 14.3 Å². The molecule has 114 valence electrons. The minimum atomic E-state index is -3.25. The molecule has 7 heteroatoms. The number of nitrogens with zero attached hydrogens (tertiary/aromatic N) is 1. The molecule has 2 aliphatic heterocycles.